The lowest BCUT2D eigenvalue weighted by Gasteiger charge is -2.02. The molecule has 1 aliphatic heterocycles. The van der Waals surface area contributed by atoms with Gasteiger partial charge in [0.05, 0.1) is 13.2 Å². The van der Waals surface area contributed by atoms with Crippen molar-refractivity contribution in [2.24, 2.45) is 5.73 Å². The van der Waals surface area contributed by atoms with E-state index in [0.717, 1.165) is 12.0 Å². The maximum absolute atomic E-state index is 5.89. The van der Waals surface area contributed by atoms with Gasteiger partial charge < -0.3 is 15.0 Å². The SMILES string of the molecule is CCC(N)Cc1noc(-c2ccc3c(c2)COC3)n1. The summed E-state index contributed by atoms with van der Waals surface area (Å²) in [5.41, 5.74) is 9.26. The van der Waals surface area contributed by atoms with Gasteiger partial charge >= 0.3 is 0 Å². The third-order valence-corrected chi connectivity index (χ3v) is 3.41. The Morgan fingerprint density at radius 1 is 1.32 bits per heavy atom. The molecule has 0 fully saturated rings. The molecule has 2 N–H and O–H groups in total. The predicted octanol–water partition coefficient (Wildman–Crippen LogP) is 2.05. The molecule has 0 aliphatic carbocycles. The van der Waals surface area contributed by atoms with Crippen LogP contribution in [0.25, 0.3) is 11.5 Å². The van der Waals surface area contributed by atoms with Crippen molar-refractivity contribution < 1.29 is 9.26 Å². The molecule has 0 radical (unpaired) electrons. The zero-order chi connectivity index (χ0) is 13.2. The molecule has 19 heavy (non-hydrogen) atoms. The molecule has 3 rings (SSSR count). The van der Waals surface area contributed by atoms with Crippen LogP contribution in [0.3, 0.4) is 0 Å². The van der Waals surface area contributed by atoms with E-state index in [1.54, 1.807) is 0 Å². The molecule has 5 nitrogen and oxygen atoms in total. The van der Waals surface area contributed by atoms with Crippen LogP contribution >= 0.6 is 0 Å². The fourth-order valence-corrected chi connectivity index (χ4v) is 2.14. The molecular weight excluding hydrogens is 242 g/mol. The molecule has 1 atom stereocenters. The van der Waals surface area contributed by atoms with Crippen LogP contribution in [-0.4, -0.2) is 16.2 Å². The van der Waals surface area contributed by atoms with Gasteiger partial charge in [-0.2, -0.15) is 4.98 Å². The summed E-state index contributed by atoms with van der Waals surface area (Å²) < 4.78 is 10.7. The summed E-state index contributed by atoms with van der Waals surface area (Å²) >= 11 is 0. The van der Waals surface area contributed by atoms with Crippen LogP contribution in [0.4, 0.5) is 0 Å². The minimum atomic E-state index is 0.0823. The third-order valence-electron chi connectivity index (χ3n) is 3.41. The summed E-state index contributed by atoms with van der Waals surface area (Å²) in [6.45, 7) is 3.40. The fraction of sp³-hybridized carbons (Fsp3) is 0.429. The molecule has 1 aromatic heterocycles. The van der Waals surface area contributed by atoms with Gasteiger partial charge in [-0.05, 0) is 29.7 Å². The standard InChI is InChI=1S/C14H17N3O2/c1-2-12(15)6-13-16-14(19-17-13)9-3-4-10-7-18-8-11(10)5-9/h3-5,12H,2,6-8,15H2,1H3. The van der Waals surface area contributed by atoms with Crippen LogP contribution in [0, 0.1) is 0 Å². The van der Waals surface area contributed by atoms with Crippen molar-refractivity contribution in [2.45, 2.75) is 39.0 Å². The Morgan fingerprint density at radius 2 is 2.16 bits per heavy atom. The minimum absolute atomic E-state index is 0.0823. The summed E-state index contributed by atoms with van der Waals surface area (Å²) in [5, 5.41) is 3.98. The number of fused-ring (bicyclic) bond motifs is 1. The van der Waals surface area contributed by atoms with Crippen LogP contribution in [0.5, 0.6) is 0 Å². The molecule has 2 aromatic rings. The van der Waals surface area contributed by atoms with Crippen molar-refractivity contribution in [1.82, 2.24) is 10.1 Å². The smallest absolute Gasteiger partial charge is 0.257 e. The first-order valence-electron chi connectivity index (χ1n) is 6.54. The average molecular weight is 259 g/mol. The summed E-state index contributed by atoms with van der Waals surface area (Å²) in [4.78, 5) is 4.40. The molecule has 2 heterocycles. The molecule has 0 saturated carbocycles. The second kappa shape index (κ2) is 5.11. The Bertz CT molecular complexity index is 580. The third kappa shape index (κ3) is 2.52. The van der Waals surface area contributed by atoms with Crippen LogP contribution in [0.15, 0.2) is 22.7 Å². The van der Waals surface area contributed by atoms with Gasteiger partial charge in [0.2, 0.25) is 0 Å². The summed E-state index contributed by atoms with van der Waals surface area (Å²) in [7, 11) is 0. The zero-order valence-electron chi connectivity index (χ0n) is 10.9. The van der Waals surface area contributed by atoms with Gasteiger partial charge in [0.25, 0.3) is 5.89 Å². The number of hydrogen-bond donors (Lipinski definition) is 1. The van der Waals surface area contributed by atoms with Crippen molar-refractivity contribution >= 4 is 0 Å². The van der Waals surface area contributed by atoms with Gasteiger partial charge in [0, 0.05) is 18.0 Å². The number of nitrogens with two attached hydrogens (primary N) is 1. The van der Waals surface area contributed by atoms with Crippen molar-refractivity contribution in [3.05, 3.63) is 35.2 Å². The van der Waals surface area contributed by atoms with E-state index in [1.807, 2.05) is 13.0 Å². The zero-order valence-corrected chi connectivity index (χ0v) is 10.9. The van der Waals surface area contributed by atoms with Gasteiger partial charge in [-0.1, -0.05) is 18.1 Å². The van der Waals surface area contributed by atoms with Gasteiger partial charge in [-0.15, -0.1) is 0 Å². The molecule has 0 spiro atoms. The number of ether oxygens (including phenoxy) is 1. The quantitative estimate of drug-likeness (QED) is 0.909. The predicted molar refractivity (Wildman–Crippen MR) is 70.2 cm³/mol. The molecule has 0 amide bonds. The van der Waals surface area contributed by atoms with Gasteiger partial charge in [0.15, 0.2) is 5.82 Å². The molecule has 0 saturated heterocycles. The molecule has 1 aromatic carbocycles. The highest BCUT2D eigenvalue weighted by molar-refractivity contribution is 5.56. The van der Waals surface area contributed by atoms with Crippen LogP contribution in [-0.2, 0) is 24.4 Å². The maximum atomic E-state index is 5.89. The number of hydrogen-bond acceptors (Lipinski definition) is 5. The lowest BCUT2D eigenvalue weighted by molar-refractivity contribution is 0.134. The van der Waals surface area contributed by atoms with Gasteiger partial charge in [-0.3, -0.25) is 0 Å². The van der Waals surface area contributed by atoms with E-state index < -0.39 is 0 Å². The van der Waals surface area contributed by atoms with Gasteiger partial charge in [0.1, 0.15) is 0 Å². The van der Waals surface area contributed by atoms with E-state index >= 15 is 0 Å². The van der Waals surface area contributed by atoms with Crippen molar-refractivity contribution in [1.29, 1.82) is 0 Å². The highest BCUT2D eigenvalue weighted by Crippen LogP contribution is 2.26. The Kier molecular flexibility index (Phi) is 3.31. The van der Waals surface area contributed by atoms with E-state index in [4.69, 9.17) is 15.0 Å². The Morgan fingerprint density at radius 3 is 3.00 bits per heavy atom. The Labute approximate surface area is 111 Å². The van der Waals surface area contributed by atoms with Crippen LogP contribution < -0.4 is 5.73 Å². The van der Waals surface area contributed by atoms with Gasteiger partial charge in [-0.25, -0.2) is 0 Å². The highest BCUT2D eigenvalue weighted by Gasteiger charge is 2.15. The number of aromatic nitrogens is 2. The molecule has 1 unspecified atom stereocenters. The second-order valence-electron chi connectivity index (χ2n) is 4.86. The molecular formula is C14H17N3O2. The first kappa shape index (κ1) is 12.3. The van der Waals surface area contributed by atoms with E-state index in [-0.39, 0.29) is 6.04 Å². The highest BCUT2D eigenvalue weighted by atomic mass is 16.5. The average Bonchev–Trinajstić information content (AvgIpc) is 3.05. The second-order valence-corrected chi connectivity index (χ2v) is 4.86. The van der Waals surface area contributed by atoms with E-state index in [9.17, 15) is 0 Å². The Balaban J connectivity index is 1.82. The first-order valence-corrected chi connectivity index (χ1v) is 6.54. The maximum Gasteiger partial charge on any atom is 0.257 e. The topological polar surface area (TPSA) is 74.2 Å². The normalized spacial score (nSPS) is 15.5. The lowest BCUT2D eigenvalue weighted by Crippen LogP contribution is -2.21. The van der Waals surface area contributed by atoms with E-state index in [0.29, 0.717) is 31.3 Å². The minimum Gasteiger partial charge on any atom is -0.372 e. The van der Waals surface area contributed by atoms with Crippen LogP contribution in [0.1, 0.15) is 30.3 Å². The summed E-state index contributed by atoms with van der Waals surface area (Å²) in [6.07, 6.45) is 1.55. The van der Waals surface area contributed by atoms with E-state index in [1.165, 1.54) is 11.1 Å². The molecule has 100 valence electrons. The van der Waals surface area contributed by atoms with Crippen molar-refractivity contribution in [2.75, 3.05) is 0 Å². The molecule has 1 aliphatic rings. The Hall–Kier alpha value is -1.72. The van der Waals surface area contributed by atoms with Crippen molar-refractivity contribution in [3.63, 3.8) is 0 Å². The number of nitrogens with zero attached hydrogens (tertiary/aromatic N) is 2. The number of rotatable bonds is 4. The molecule has 5 heteroatoms. The summed E-state index contributed by atoms with van der Waals surface area (Å²) in [6, 6.07) is 6.18. The summed E-state index contributed by atoms with van der Waals surface area (Å²) in [5.74, 6) is 1.22. The number of benzene rings is 1. The molecule has 0 bridgehead atoms. The lowest BCUT2D eigenvalue weighted by atomic mass is 10.1. The van der Waals surface area contributed by atoms with Crippen LogP contribution in [0.2, 0.25) is 0 Å². The first-order chi connectivity index (χ1) is 9.26. The fourth-order valence-electron chi connectivity index (χ4n) is 2.14. The van der Waals surface area contributed by atoms with E-state index in [2.05, 4.69) is 22.3 Å². The monoisotopic (exact) mass is 259 g/mol. The largest absolute Gasteiger partial charge is 0.372 e. The van der Waals surface area contributed by atoms with Crippen molar-refractivity contribution in [3.8, 4) is 11.5 Å².